The van der Waals surface area contributed by atoms with Gasteiger partial charge < -0.3 is 0 Å². The predicted octanol–water partition coefficient (Wildman–Crippen LogP) is 4.61. The fraction of sp³-hybridized carbons (Fsp3) is 0.647. The van der Waals surface area contributed by atoms with Gasteiger partial charge in [-0.25, -0.2) is 0 Å². The van der Waals surface area contributed by atoms with Gasteiger partial charge >= 0.3 is 0 Å². The summed E-state index contributed by atoms with van der Waals surface area (Å²) in [5.41, 5.74) is 1.75. The minimum atomic E-state index is 0.283. The lowest BCUT2D eigenvalue weighted by molar-refractivity contribution is 0.125. The van der Waals surface area contributed by atoms with E-state index in [1.54, 1.807) is 0 Å². The number of hydrogen-bond acceptors (Lipinski definition) is 2. The van der Waals surface area contributed by atoms with Crippen LogP contribution >= 0.6 is 11.8 Å². The van der Waals surface area contributed by atoms with Crippen LogP contribution in [-0.2, 0) is 6.42 Å². The minimum absolute atomic E-state index is 0.283. The van der Waals surface area contributed by atoms with Gasteiger partial charge in [0.25, 0.3) is 0 Å². The summed E-state index contributed by atoms with van der Waals surface area (Å²) in [6.45, 7) is 7.35. The van der Waals surface area contributed by atoms with E-state index in [0.717, 1.165) is 6.42 Å². The van der Waals surface area contributed by atoms with Crippen LogP contribution in [0.4, 0.5) is 0 Å². The van der Waals surface area contributed by atoms with Gasteiger partial charge in [-0.3, -0.25) is 4.90 Å². The summed E-state index contributed by atoms with van der Waals surface area (Å²) in [4.78, 5) is 4.05. The van der Waals surface area contributed by atoms with Crippen LogP contribution < -0.4 is 0 Å². The highest BCUT2D eigenvalue weighted by Gasteiger charge is 2.27. The number of hydrogen-bond donors (Lipinski definition) is 0. The zero-order chi connectivity index (χ0) is 13.7. The van der Waals surface area contributed by atoms with E-state index < -0.39 is 0 Å². The molecule has 0 radical (unpaired) electrons. The van der Waals surface area contributed by atoms with Gasteiger partial charge in [-0.05, 0) is 70.2 Å². The van der Waals surface area contributed by atoms with Gasteiger partial charge in [-0.1, -0.05) is 25.0 Å². The van der Waals surface area contributed by atoms with Gasteiger partial charge in [0.05, 0.1) is 0 Å². The number of rotatable bonds is 4. The zero-order valence-electron chi connectivity index (χ0n) is 12.6. The Labute approximate surface area is 122 Å². The van der Waals surface area contributed by atoms with E-state index in [2.05, 4.69) is 49.3 Å². The van der Waals surface area contributed by atoms with Crippen molar-refractivity contribution in [3.63, 3.8) is 0 Å². The van der Waals surface area contributed by atoms with Crippen LogP contribution in [0.1, 0.15) is 45.1 Å². The highest BCUT2D eigenvalue weighted by atomic mass is 32.2. The van der Waals surface area contributed by atoms with Crippen LogP contribution in [-0.4, -0.2) is 29.8 Å². The summed E-state index contributed by atoms with van der Waals surface area (Å²) in [5.74, 6) is 0. The lowest BCUT2D eigenvalue weighted by Crippen LogP contribution is -2.46. The Morgan fingerprint density at radius 1 is 1.00 bits per heavy atom. The standard InChI is InChI=1S/C17H27NS/c1-17(2,18-12-6-4-5-7-13-18)14-15-8-10-16(19-3)11-9-15/h8-11H,4-7,12-14H2,1-3H3. The molecule has 0 atom stereocenters. The molecule has 106 valence electrons. The van der Waals surface area contributed by atoms with Crippen LogP contribution in [0.3, 0.4) is 0 Å². The van der Waals surface area contributed by atoms with E-state index in [1.807, 2.05) is 11.8 Å². The molecule has 19 heavy (non-hydrogen) atoms. The molecule has 1 aromatic rings. The summed E-state index contributed by atoms with van der Waals surface area (Å²) >= 11 is 1.82. The lowest BCUT2D eigenvalue weighted by Gasteiger charge is -2.38. The molecule has 0 spiro atoms. The molecular formula is C17H27NS. The normalized spacial score (nSPS) is 18.3. The van der Waals surface area contributed by atoms with Gasteiger partial charge in [-0.15, -0.1) is 11.8 Å². The van der Waals surface area contributed by atoms with Crippen molar-refractivity contribution in [2.24, 2.45) is 0 Å². The molecule has 0 saturated carbocycles. The fourth-order valence-electron chi connectivity index (χ4n) is 3.03. The first-order valence-corrected chi connectivity index (χ1v) is 8.72. The molecule has 2 rings (SSSR count). The summed E-state index contributed by atoms with van der Waals surface area (Å²) in [5, 5.41) is 0. The molecule has 0 N–H and O–H groups in total. The third-order valence-corrected chi connectivity index (χ3v) is 5.00. The van der Waals surface area contributed by atoms with Crippen molar-refractivity contribution in [2.75, 3.05) is 19.3 Å². The first-order valence-electron chi connectivity index (χ1n) is 7.50. The third kappa shape index (κ3) is 4.25. The van der Waals surface area contributed by atoms with Crippen LogP contribution in [0.15, 0.2) is 29.2 Å². The molecule has 0 aliphatic carbocycles. The number of thioether (sulfide) groups is 1. The van der Waals surface area contributed by atoms with E-state index in [-0.39, 0.29) is 5.54 Å². The number of nitrogens with zero attached hydrogens (tertiary/aromatic N) is 1. The van der Waals surface area contributed by atoms with Crippen molar-refractivity contribution in [1.82, 2.24) is 4.90 Å². The third-order valence-electron chi connectivity index (χ3n) is 4.26. The van der Waals surface area contributed by atoms with Crippen molar-refractivity contribution in [2.45, 2.75) is 56.4 Å². The largest absolute Gasteiger partial charge is 0.298 e. The van der Waals surface area contributed by atoms with E-state index >= 15 is 0 Å². The molecule has 1 aliphatic rings. The van der Waals surface area contributed by atoms with Gasteiger partial charge in [0.1, 0.15) is 0 Å². The molecule has 1 aliphatic heterocycles. The zero-order valence-corrected chi connectivity index (χ0v) is 13.4. The predicted molar refractivity (Wildman–Crippen MR) is 86.0 cm³/mol. The maximum atomic E-state index is 2.70. The molecule has 1 saturated heterocycles. The fourth-order valence-corrected chi connectivity index (χ4v) is 3.44. The Morgan fingerprint density at radius 3 is 2.11 bits per heavy atom. The average molecular weight is 277 g/mol. The molecule has 0 amide bonds. The molecule has 0 bridgehead atoms. The Morgan fingerprint density at radius 2 is 1.58 bits per heavy atom. The highest BCUT2D eigenvalue weighted by molar-refractivity contribution is 7.98. The van der Waals surface area contributed by atoms with Crippen molar-refractivity contribution in [3.8, 4) is 0 Å². The molecule has 1 nitrogen and oxygen atoms in total. The average Bonchev–Trinajstić information content (AvgIpc) is 2.68. The summed E-state index contributed by atoms with van der Waals surface area (Å²) in [7, 11) is 0. The van der Waals surface area contributed by atoms with E-state index in [4.69, 9.17) is 0 Å². The van der Waals surface area contributed by atoms with E-state index in [9.17, 15) is 0 Å². The molecular weight excluding hydrogens is 250 g/mol. The van der Waals surface area contributed by atoms with Gasteiger partial charge in [-0.2, -0.15) is 0 Å². The topological polar surface area (TPSA) is 3.24 Å². The number of benzene rings is 1. The maximum absolute atomic E-state index is 2.70. The molecule has 0 aromatic heterocycles. The highest BCUT2D eigenvalue weighted by Crippen LogP contribution is 2.25. The quantitative estimate of drug-likeness (QED) is 0.740. The molecule has 1 fully saturated rings. The Bertz CT molecular complexity index is 375. The second-order valence-corrected chi connectivity index (χ2v) is 7.12. The van der Waals surface area contributed by atoms with Gasteiger partial charge in [0.15, 0.2) is 0 Å². The second kappa shape index (κ2) is 6.81. The van der Waals surface area contributed by atoms with E-state index in [0.29, 0.717) is 0 Å². The minimum Gasteiger partial charge on any atom is -0.298 e. The van der Waals surface area contributed by atoms with Crippen LogP contribution in [0.2, 0.25) is 0 Å². The monoisotopic (exact) mass is 277 g/mol. The Balaban J connectivity index is 2.01. The molecule has 1 heterocycles. The Hall–Kier alpha value is -0.470. The summed E-state index contributed by atoms with van der Waals surface area (Å²) < 4.78 is 0. The van der Waals surface area contributed by atoms with E-state index in [1.165, 1.54) is 49.2 Å². The molecule has 1 aromatic carbocycles. The summed E-state index contributed by atoms with van der Waals surface area (Å²) in [6, 6.07) is 9.09. The Kier molecular flexibility index (Phi) is 5.35. The van der Waals surface area contributed by atoms with Crippen LogP contribution in [0.25, 0.3) is 0 Å². The first kappa shape index (κ1) is 14.9. The smallest absolute Gasteiger partial charge is 0.0193 e. The maximum Gasteiger partial charge on any atom is 0.0193 e. The van der Waals surface area contributed by atoms with Crippen LogP contribution in [0, 0.1) is 0 Å². The van der Waals surface area contributed by atoms with Crippen molar-refractivity contribution < 1.29 is 0 Å². The SMILES string of the molecule is CSc1ccc(CC(C)(C)N2CCCCCC2)cc1. The lowest BCUT2D eigenvalue weighted by atomic mass is 9.92. The van der Waals surface area contributed by atoms with Crippen LogP contribution in [0.5, 0.6) is 0 Å². The number of likely N-dealkylation sites (tertiary alicyclic amines) is 1. The van der Waals surface area contributed by atoms with Crippen molar-refractivity contribution >= 4 is 11.8 Å². The van der Waals surface area contributed by atoms with Crippen molar-refractivity contribution in [3.05, 3.63) is 29.8 Å². The molecule has 2 heteroatoms. The van der Waals surface area contributed by atoms with Crippen molar-refractivity contribution in [1.29, 1.82) is 0 Å². The van der Waals surface area contributed by atoms with Gasteiger partial charge in [0.2, 0.25) is 0 Å². The first-order chi connectivity index (χ1) is 9.12. The van der Waals surface area contributed by atoms with Gasteiger partial charge in [0, 0.05) is 10.4 Å². The molecule has 0 unspecified atom stereocenters. The summed E-state index contributed by atoms with van der Waals surface area (Å²) in [6.07, 6.45) is 8.85. The second-order valence-electron chi connectivity index (χ2n) is 6.24.